The summed E-state index contributed by atoms with van der Waals surface area (Å²) in [5, 5.41) is 6.05. The lowest BCUT2D eigenvalue weighted by molar-refractivity contribution is -0.137. The van der Waals surface area contributed by atoms with Crippen LogP contribution < -0.4 is 10.6 Å². The highest BCUT2D eigenvalue weighted by Crippen LogP contribution is 2.31. The van der Waals surface area contributed by atoms with Crippen LogP contribution in [0.3, 0.4) is 0 Å². The fourth-order valence-electron chi connectivity index (χ4n) is 2.53. The number of carbonyl (C=O) groups is 1. The summed E-state index contributed by atoms with van der Waals surface area (Å²) in [7, 11) is 0. The third-order valence-electron chi connectivity index (χ3n) is 3.82. The van der Waals surface area contributed by atoms with Crippen LogP contribution in [-0.4, -0.2) is 25.0 Å². The zero-order chi connectivity index (χ0) is 18.4. The van der Waals surface area contributed by atoms with Crippen molar-refractivity contribution in [1.82, 2.24) is 10.6 Å². The maximum Gasteiger partial charge on any atom is 0.416 e. The van der Waals surface area contributed by atoms with E-state index in [9.17, 15) is 18.0 Å². The second-order valence-electron chi connectivity index (χ2n) is 5.79. The molecule has 142 valence electrons. The quantitative estimate of drug-likeness (QED) is 0.766. The topological polar surface area (TPSA) is 41.1 Å². The van der Waals surface area contributed by atoms with E-state index in [0.29, 0.717) is 23.2 Å². The number of benzene rings is 2. The van der Waals surface area contributed by atoms with Gasteiger partial charge in [-0.1, -0.05) is 37.3 Å². The number of halogens is 4. The molecule has 2 aromatic carbocycles. The minimum absolute atomic E-state index is 0. The largest absolute Gasteiger partial charge is 0.416 e. The van der Waals surface area contributed by atoms with E-state index in [1.807, 2.05) is 13.8 Å². The highest BCUT2D eigenvalue weighted by molar-refractivity contribution is 6.00. The van der Waals surface area contributed by atoms with Gasteiger partial charge >= 0.3 is 6.18 Å². The van der Waals surface area contributed by atoms with Gasteiger partial charge in [0, 0.05) is 18.2 Å². The Hall–Kier alpha value is -2.05. The molecule has 2 N–H and O–H groups in total. The van der Waals surface area contributed by atoms with Gasteiger partial charge in [0.05, 0.1) is 5.56 Å². The SMILES string of the molecule is CCN[C@H](C)CNC(=O)c1ccccc1-c1ccc(C(F)(F)F)cc1.Cl. The van der Waals surface area contributed by atoms with Crippen molar-refractivity contribution in [2.45, 2.75) is 26.1 Å². The van der Waals surface area contributed by atoms with E-state index < -0.39 is 11.7 Å². The van der Waals surface area contributed by atoms with Gasteiger partial charge in [0.1, 0.15) is 0 Å². The van der Waals surface area contributed by atoms with E-state index in [4.69, 9.17) is 0 Å². The molecule has 7 heteroatoms. The number of carbonyl (C=O) groups excluding carboxylic acids is 1. The van der Waals surface area contributed by atoms with Crippen LogP contribution in [0, 0.1) is 0 Å². The molecule has 0 unspecified atom stereocenters. The first-order valence-electron chi connectivity index (χ1n) is 8.11. The molecular formula is C19H22ClF3N2O. The smallest absolute Gasteiger partial charge is 0.350 e. The second kappa shape index (κ2) is 9.59. The molecule has 1 amide bonds. The van der Waals surface area contributed by atoms with Crippen LogP contribution >= 0.6 is 12.4 Å². The molecule has 0 saturated heterocycles. The van der Waals surface area contributed by atoms with E-state index in [1.54, 1.807) is 24.3 Å². The first-order chi connectivity index (χ1) is 11.8. The van der Waals surface area contributed by atoms with Crippen molar-refractivity contribution in [3.05, 3.63) is 59.7 Å². The van der Waals surface area contributed by atoms with E-state index >= 15 is 0 Å². The number of nitrogens with one attached hydrogen (secondary N) is 2. The molecule has 0 aliphatic heterocycles. The maximum absolute atomic E-state index is 12.7. The number of rotatable bonds is 6. The molecule has 0 aliphatic rings. The first kappa shape index (κ1) is 22.0. The standard InChI is InChI=1S/C19H21F3N2O.ClH/c1-3-23-13(2)12-24-18(25)17-7-5-4-6-16(17)14-8-10-15(11-9-14)19(20,21)22;/h4-11,13,23H,3,12H2,1-2H3,(H,24,25);1H/t13-;/m1./s1. The molecular weight excluding hydrogens is 365 g/mol. The van der Waals surface area contributed by atoms with Gasteiger partial charge in [0.25, 0.3) is 5.91 Å². The van der Waals surface area contributed by atoms with E-state index in [2.05, 4.69) is 10.6 Å². The Morgan fingerprint density at radius 2 is 1.69 bits per heavy atom. The Kier molecular flexibility index (Phi) is 8.11. The third kappa shape index (κ3) is 5.75. The number of hydrogen-bond acceptors (Lipinski definition) is 2. The Labute approximate surface area is 157 Å². The monoisotopic (exact) mass is 386 g/mol. The summed E-state index contributed by atoms with van der Waals surface area (Å²) in [4.78, 5) is 12.5. The molecule has 0 bridgehead atoms. The first-order valence-corrected chi connectivity index (χ1v) is 8.11. The van der Waals surface area contributed by atoms with Crippen molar-refractivity contribution >= 4 is 18.3 Å². The van der Waals surface area contributed by atoms with E-state index in [-0.39, 0.29) is 24.4 Å². The molecule has 0 aromatic heterocycles. The van der Waals surface area contributed by atoms with Crippen LogP contribution in [0.5, 0.6) is 0 Å². The number of amides is 1. The molecule has 2 rings (SSSR count). The van der Waals surface area contributed by atoms with E-state index in [0.717, 1.165) is 18.7 Å². The lowest BCUT2D eigenvalue weighted by Crippen LogP contribution is -2.38. The van der Waals surface area contributed by atoms with Gasteiger partial charge in [-0.2, -0.15) is 13.2 Å². The van der Waals surface area contributed by atoms with Crippen LogP contribution in [0.25, 0.3) is 11.1 Å². The van der Waals surface area contributed by atoms with Gasteiger partial charge < -0.3 is 10.6 Å². The molecule has 0 heterocycles. The average molecular weight is 387 g/mol. The summed E-state index contributed by atoms with van der Waals surface area (Å²) in [5.41, 5.74) is 0.895. The second-order valence-corrected chi connectivity index (χ2v) is 5.79. The molecule has 1 atom stereocenters. The van der Waals surface area contributed by atoms with Crippen molar-refractivity contribution in [2.75, 3.05) is 13.1 Å². The minimum atomic E-state index is -4.38. The molecule has 2 aromatic rings. The highest BCUT2D eigenvalue weighted by Gasteiger charge is 2.30. The van der Waals surface area contributed by atoms with Crippen LogP contribution in [0.2, 0.25) is 0 Å². The van der Waals surface area contributed by atoms with Gasteiger partial charge in [-0.25, -0.2) is 0 Å². The molecule has 0 fully saturated rings. The predicted octanol–water partition coefficient (Wildman–Crippen LogP) is 4.52. The Morgan fingerprint density at radius 1 is 1.08 bits per heavy atom. The van der Waals surface area contributed by atoms with Crippen LogP contribution in [0.1, 0.15) is 29.8 Å². The van der Waals surface area contributed by atoms with Crippen molar-refractivity contribution in [1.29, 1.82) is 0 Å². The molecule has 0 saturated carbocycles. The summed E-state index contributed by atoms with van der Waals surface area (Å²) < 4.78 is 38.1. The molecule has 26 heavy (non-hydrogen) atoms. The fraction of sp³-hybridized carbons (Fsp3) is 0.316. The zero-order valence-electron chi connectivity index (χ0n) is 14.6. The summed E-state index contributed by atoms with van der Waals surface area (Å²) >= 11 is 0. The lowest BCUT2D eigenvalue weighted by atomic mass is 9.98. The van der Waals surface area contributed by atoms with Crippen molar-refractivity contribution in [2.24, 2.45) is 0 Å². The zero-order valence-corrected chi connectivity index (χ0v) is 15.4. The van der Waals surface area contributed by atoms with Crippen LogP contribution in [0.15, 0.2) is 48.5 Å². The molecule has 0 spiro atoms. The van der Waals surface area contributed by atoms with Crippen molar-refractivity contribution in [3.63, 3.8) is 0 Å². The minimum Gasteiger partial charge on any atom is -0.350 e. The number of alkyl halides is 3. The summed E-state index contributed by atoms with van der Waals surface area (Å²) in [6, 6.07) is 11.8. The molecule has 3 nitrogen and oxygen atoms in total. The van der Waals surface area contributed by atoms with Crippen molar-refractivity contribution < 1.29 is 18.0 Å². The van der Waals surface area contributed by atoms with Gasteiger partial charge in [0.15, 0.2) is 0 Å². The summed E-state index contributed by atoms with van der Waals surface area (Å²) in [5.74, 6) is -0.250. The molecule has 0 radical (unpaired) electrons. The lowest BCUT2D eigenvalue weighted by Gasteiger charge is -2.15. The average Bonchev–Trinajstić information content (AvgIpc) is 2.59. The number of likely N-dealkylation sites (N-methyl/N-ethyl adjacent to an activating group) is 1. The van der Waals surface area contributed by atoms with Crippen LogP contribution in [-0.2, 0) is 6.18 Å². The maximum atomic E-state index is 12.7. The highest BCUT2D eigenvalue weighted by atomic mass is 35.5. The third-order valence-corrected chi connectivity index (χ3v) is 3.82. The Morgan fingerprint density at radius 3 is 2.27 bits per heavy atom. The Balaban J connectivity index is 0.00000338. The summed E-state index contributed by atoms with van der Waals surface area (Å²) in [6.07, 6.45) is -4.38. The summed E-state index contributed by atoms with van der Waals surface area (Å²) in [6.45, 7) is 5.22. The van der Waals surface area contributed by atoms with Gasteiger partial charge in [-0.3, -0.25) is 4.79 Å². The molecule has 0 aliphatic carbocycles. The van der Waals surface area contributed by atoms with Crippen molar-refractivity contribution in [3.8, 4) is 11.1 Å². The van der Waals surface area contributed by atoms with Gasteiger partial charge in [-0.05, 0) is 42.8 Å². The predicted molar refractivity (Wildman–Crippen MR) is 99.6 cm³/mol. The number of hydrogen-bond donors (Lipinski definition) is 2. The van der Waals surface area contributed by atoms with Crippen LogP contribution in [0.4, 0.5) is 13.2 Å². The fourth-order valence-corrected chi connectivity index (χ4v) is 2.53. The Bertz CT molecular complexity index is 717. The van der Waals surface area contributed by atoms with E-state index in [1.165, 1.54) is 12.1 Å². The van der Waals surface area contributed by atoms with Gasteiger partial charge in [-0.15, -0.1) is 12.4 Å². The van der Waals surface area contributed by atoms with Gasteiger partial charge in [0.2, 0.25) is 0 Å². The normalized spacial score (nSPS) is 12.2.